The minimum Gasteiger partial charge on any atom is -0.462 e. The van der Waals surface area contributed by atoms with E-state index in [-0.39, 0.29) is 11.9 Å². The van der Waals surface area contributed by atoms with Gasteiger partial charge in [0, 0.05) is 49.1 Å². The number of esters is 1. The van der Waals surface area contributed by atoms with E-state index in [4.69, 9.17) is 9.72 Å². The number of benzene rings is 2. The van der Waals surface area contributed by atoms with Gasteiger partial charge in [-0.15, -0.1) is 0 Å². The number of ether oxygens (including phenoxy) is 1. The molecule has 36 heavy (non-hydrogen) atoms. The highest BCUT2D eigenvalue weighted by atomic mass is 16.5. The number of anilines is 1. The van der Waals surface area contributed by atoms with Gasteiger partial charge in [-0.25, -0.2) is 4.79 Å². The molecule has 1 unspecified atom stereocenters. The number of fused-ring (bicyclic) bond motifs is 1. The smallest absolute Gasteiger partial charge is 0.340 e. The van der Waals surface area contributed by atoms with Crippen LogP contribution in [-0.4, -0.2) is 36.2 Å². The van der Waals surface area contributed by atoms with E-state index < -0.39 is 0 Å². The normalized spacial score (nSPS) is 12.1. The highest BCUT2D eigenvalue weighted by molar-refractivity contribution is 5.93. The third kappa shape index (κ3) is 4.75. The molecule has 2 heterocycles. The molecule has 0 N–H and O–H groups in total. The number of unbranched alkanes of at least 4 members (excludes halogenated alkanes) is 1. The fraction of sp³-hybridized carbons (Fsp3) is 0.355. The predicted octanol–water partition coefficient (Wildman–Crippen LogP) is 6.88. The van der Waals surface area contributed by atoms with Crippen molar-refractivity contribution in [2.75, 3.05) is 25.6 Å². The van der Waals surface area contributed by atoms with E-state index >= 15 is 0 Å². The van der Waals surface area contributed by atoms with E-state index in [1.54, 1.807) is 6.20 Å². The molecule has 0 spiro atoms. The number of hydrogen-bond acceptors (Lipinski definition) is 4. The van der Waals surface area contributed by atoms with Crippen LogP contribution in [0, 0.1) is 13.8 Å². The maximum Gasteiger partial charge on any atom is 0.340 e. The molecule has 0 aliphatic rings. The van der Waals surface area contributed by atoms with Gasteiger partial charge in [-0.3, -0.25) is 4.98 Å². The first-order chi connectivity index (χ1) is 17.4. The Kier molecular flexibility index (Phi) is 7.78. The SMILES string of the molecule is CCCCOC(=O)c1cccnc1C(c1ccc(N(C)C)cc1C)c1c(C)n(CC)c2ccccc12. The van der Waals surface area contributed by atoms with Crippen molar-refractivity contribution in [3.05, 3.63) is 94.4 Å². The molecule has 0 saturated heterocycles. The van der Waals surface area contributed by atoms with Gasteiger partial charge in [-0.1, -0.05) is 37.6 Å². The first-order valence-electron chi connectivity index (χ1n) is 12.9. The zero-order valence-corrected chi connectivity index (χ0v) is 22.3. The maximum absolute atomic E-state index is 13.3. The van der Waals surface area contributed by atoms with E-state index in [0.29, 0.717) is 12.2 Å². The van der Waals surface area contributed by atoms with Crippen molar-refractivity contribution in [3.63, 3.8) is 0 Å². The zero-order valence-electron chi connectivity index (χ0n) is 22.3. The Morgan fingerprint density at radius 1 is 1.06 bits per heavy atom. The molecule has 1 atom stereocenters. The van der Waals surface area contributed by atoms with Crippen molar-refractivity contribution in [2.45, 2.75) is 53.0 Å². The second-order valence-electron chi connectivity index (χ2n) is 9.55. The van der Waals surface area contributed by atoms with E-state index in [0.717, 1.165) is 41.9 Å². The van der Waals surface area contributed by atoms with Crippen LogP contribution in [0.15, 0.2) is 60.8 Å². The predicted molar refractivity (Wildman–Crippen MR) is 148 cm³/mol. The van der Waals surface area contributed by atoms with E-state index in [1.807, 2.05) is 26.2 Å². The molecule has 4 rings (SSSR count). The van der Waals surface area contributed by atoms with Crippen LogP contribution in [0.5, 0.6) is 0 Å². The van der Waals surface area contributed by atoms with Crippen molar-refractivity contribution in [3.8, 4) is 0 Å². The van der Waals surface area contributed by atoms with Gasteiger partial charge in [0.15, 0.2) is 0 Å². The van der Waals surface area contributed by atoms with Crippen LogP contribution in [0.25, 0.3) is 10.9 Å². The molecule has 0 bridgehead atoms. The third-order valence-corrected chi connectivity index (χ3v) is 7.03. The molecule has 0 amide bonds. The van der Waals surface area contributed by atoms with Gasteiger partial charge >= 0.3 is 5.97 Å². The summed E-state index contributed by atoms with van der Waals surface area (Å²) in [5, 5.41) is 1.19. The van der Waals surface area contributed by atoms with Gasteiger partial charge in [-0.2, -0.15) is 0 Å². The van der Waals surface area contributed by atoms with Crippen molar-refractivity contribution < 1.29 is 9.53 Å². The number of aromatic nitrogens is 2. The zero-order chi connectivity index (χ0) is 25.8. The highest BCUT2D eigenvalue weighted by Gasteiger charge is 2.30. The Balaban J connectivity index is 2.00. The first kappa shape index (κ1) is 25.5. The molecule has 4 aromatic rings. The summed E-state index contributed by atoms with van der Waals surface area (Å²) < 4.78 is 8.02. The number of rotatable bonds is 9. The number of aryl methyl sites for hydroxylation is 2. The molecular weight excluding hydrogens is 446 g/mol. The topological polar surface area (TPSA) is 47.4 Å². The molecule has 0 aliphatic carbocycles. The van der Waals surface area contributed by atoms with Crippen LogP contribution in [0.3, 0.4) is 0 Å². The summed E-state index contributed by atoms with van der Waals surface area (Å²) in [6.45, 7) is 9.87. The molecule has 2 aromatic heterocycles. The summed E-state index contributed by atoms with van der Waals surface area (Å²) >= 11 is 0. The van der Waals surface area contributed by atoms with E-state index in [9.17, 15) is 4.79 Å². The minimum absolute atomic E-state index is 0.214. The monoisotopic (exact) mass is 483 g/mol. The van der Waals surface area contributed by atoms with Gasteiger partial charge in [0.25, 0.3) is 0 Å². The minimum atomic E-state index is -0.309. The first-order valence-corrected chi connectivity index (χ1v) is 12.9. The number of pyridine rings is 1. The van der Waals surface area contributed by atoms with Gasteiger partial charge in [0.05, 0.1) is 23.8 Å². The van der Waals surface area contributed by atoms with Gasteiger partial charge in [0.1, 0.15) is 0 Å². The largest absolute Gasteiger partial charge is 0.462 e. The molecule has 0 radical (unpaired) electrons. The van der Waals surface area contributed by atoms with Crippen LogP contribution in [0.1, 0.15) is 71.0 Å². The molecule has 5 heteroatoms. The quantitative estimate of drug-likeness (QED) is 0.192. The summed E-state index contributed by atoms with van der Waals surface area (Å²) in [5.74, 6) is -0.523. The van der Waals surface area contributed by atoms with E-state index in [1.165, 1.54) is 22.2 Å². The summed E-state index contributed by atoms with van der Waals surface area (Å²) in [6.07, 6.45) is 3.60. The van der Waals surface area contributed by atoms with Crippen LogP contribution in [0.2, 0.25) is 0 Å². The lowest BCUT2D eigenvalue weighted by molar-refractivity contribution is 0.0497. The van der Waals surface area contributed by atoms with Gasteiger partial charge in [0.2, 0.25) is 0 Å². The molecule has 0 aliphatic heterocycles. The lowest BCUT2D eigenvalue weighted by Gasteiger charge is -2.24. The molecule has 188 valence electrons. The number of carbonyl (C=O) groups is 1. The Morgan fingerprint density at radius 2 is 1.83 bits per heavy atom. The summed E-state index contributed by atoms with van der Waals surface area (Å²) in [4.78, 5) is 20.2. The van der Waals surface area contributed by atoms with Crippen LogP contribution < -0.4 is 4.90 Å². The molecule has 0 saturated carbocycles. The Hall–Kier alpha value is -3.60. The fourth-order valence-corrected chi connectivity index (χ4v) is 5.14. The average Bonchev–Trinajstić information content (AvgIpc) is 3.16. The Labute approximate surface area is 214 Å². The molecule has 2 aromatic carbocycles. The maximum atomic E-state index is 13.3. The fourth-order valence-electron chi connectivity index (χ4n) is 5.14. The van der Waals surface area contributed by atoms with Crippen molar-refractivity contribution in [2.24, 2.45) is 0 Å². The highest BCUT2D eigenvalue weighted by Crippen LogP contribution is 2.42. The summed E-state index contributed by atoms with van der Waals surface area (Å²) in [6, 6.07) is 18.7. The summed E-state index contributed by atoms with van der Waals surface area (Å²) in [7, 11) is 4.10. The lowest BCUT2D eigenvalue weighted by atomic mass is 9.82. The van der Waals surface area contributed by atoms with Crippen molar-refractivity contribution >= 4 is 22.6 Å². The number of hydrogen-bond donors (Lipinski definition) is 0. The van der Waals surface area contributed by atoms with Crippen molar-refractivity contribution in [1.29, 1.82) is 0 Å². The molecule has 5 nitrogen and oxygen atoms in total. The van der Waals surface area contributed by atoms with Gasteiger partial charge in [-0.05, 0) is 74.2 Å². The van der Waals surface area contributed by atoms with Crippen LogP contribution in [0.4, 0.5) is 5.69 Å². The van der Waals surface area contributed by atoms with Crippen molar-refractivity contribution in [1.82, 2.24) is 9.55 Å². The second-order valence-corrected chi connectivity index (χ2v) is 9.55. The number of carbonyl (C=O) groups excluding carboxylic acids is 1. The second kappa shape index (κ2) is 11.0. The molecule has 0 fully saturated rings. The lowest BCUT2D eigenvalue weighted by Crippen LogP contribution is -2.17. The standard InChI is InChI=1S/C31H37N3O2/c1-7-9-19-36-31(35)26-14-12-18-32-30(26)29(24-17-16-23(33(5)6)20-21(24)3)28-22(4)34(8-2)27-15-11-10-13-25(27)28/h10-18,20,29H,7-9,19H2,1-6H3. The molecular formula is C31H37N3O2. The third-order valence-electron chi connectivity index (χ3n) is 7.03. The van der Waals surface area contributed by atoms with Gasteiger partial charge < -0.3 is 14.2 Å². The number of para-hydroxylation sites is 1. The number of nitrogens with zero attached hydrogens (tertiary/aromatic N) is 3. The average molecular weight is 484 g/mol. The summed E-state index contributed by atoms with van der Waals surface area (Å²) in [5.41, 5.74) is 8.29. The Morgan fingerprint density at radius 3 is 2.53 bits per heavy atom. The Bertz CT molecular complexity index is 1370. The van der Waals surface area contributed by atoms with Crippen LogP contribution >= 0.6 is 0 Å². The van der Waals surface area contributed by atoms with E-state index in [2.05, 4.69) is 79.6 Å². The van der Waals surface area contributed by atoms with Crippen LogP contribution in [-0.2, 0) is 11.3 Å².